The molecule has 1 aromatic rings. The molecule has 19 heavy (non-hydrogen) atoms. The van der Waals surface area contributed by atoms with Gasteiger partial charge in [0, 0.05) is 22.5 Å². The Bertz CT molecular complexity index is 782. The van der Waals surface area contributed by atoms with Gasteiger partial charge in [0.05, 0.1) is 0 Å². The second-order valence-corrected chi connectivity index (χ2v) is 6.71. The number of fused-ring (bicyclic) bond motifs is 4. The van der Waals surface area contributed by atoms with Crippen LogP contribution in [0.1, 0.15) is 32.6 Å². The molecule has 0 N–H and O–H groups in total. The van der Waals surface area contributed by atoms with Crippen LogP contribution in [0, 0.1) is 5.92 Å². The maximum absolute atomic E-state index is 4.89. The quantitative estimate of drug-likeness (QED) is 0.688. The highest BCUT2D eigenvalue weighted by molar-refractivity contribution is 7.07. The van der Waals surface area contributed by atoms with Crippen LogP contribution in [0.25, 0.3) is 18.4 Å². The van der Waals surface area contributed by atoms with E-state index in [-0.39, 0.29) is 0 Å². The Hall–Kier alpha value is -1.35. The zero-order valence-corrected chi connectivity index (χ0v) is 12.0. The van der Waals surface area contributed by atoms with Crippen molar-refractivity contribution in [1.29, 1.82) is 0 Å². The Morgan fingerprint density at radius 1 is 1.26 bits per heavy atom. The van der Waals surface area contributed by atoms with E-state index >= 15 is 0 Å². The maximum Gasteiger partial charge on any atom is 0.130 e. The van der Waals surface area contributed by atoms with E-state index in [0.29, 0.717) is 5.92 Å². The van der Waals surface area contributed by atoms with Crippen LogP contribution in [0.5, 0.6) is 0 Å². The van der Waals surface area contributed by atoms with Gasteiger partial charge in [0.1, 0.15) is 10.5 Å². The average molecular weight is 270 g/mol. The molecule has 2 aliphatic heterocycles. The molecule has 1 unspecified atom stereocenters. The molecule has 0 amide bonds. The second-order valence-electron chi connectivity index (χ2n) is 5.67. The fourth-order valence-corrected chi connectivity index (χ4v) is 4.25. The molecule has 2 nitrogen and oxygen atoms in total. The van der Waals surface area contributed by atoms with Crippen LogP contribution in [0.4, 0.5) is 0 Å². The molecule has 3 heteroatoms. The third kappa shape index (κ3) is 1.88. The van der Waals surface area contributed by atoms with Gasteiger partial charge in [-0.05, 0) is 42.9 Å². The average Bonchev–Trinajstić information content (AvgIpc) is 2.58. The normalized spacial score (nSPS) is 24.4. The van der Waals surface area contributed by atoms with E-state index < -0.39 is 0 Å². The minimum absolute atomic E-state index is 0.664. The fraction of sp³-hybridized carbons (Fsp3) is 0.438. The van der Waals surface area contributed by atoms with E-state index in [2.05, 4.69) is 36.3 Å². The molecule has 0 radical (unpaired) electrons. The smallest absolute Gasteiger partial charge is 0.130 e. The van der Waals surface area contributed by atoms with E-state index in [0.717, 1.165) is 18.8 Å². The SMILES string of the molecule is CC1C=c2sc3c(c2=CC1)=CN1CCCCC=C1N=3. The summed E-state index contributed by atoms with van der Waals surface area (Å²) in [6, 6.07) is 0. The van der Waals surface area contributed by atoms with E-state index in [4.69, 9.17) is 4.99 Å². The second kappa shape index (κ2) is 4.34. The van der Waals surface area contributed by atoms with Crippen LogP contribution in [-0.4, -0.2) is 11.4 Å². The molecule has 1 atom stereocenters. The topological polar surface area (TPSA) is 15.6 Å². The zero-order valence-electron chi connectivity index (χ0n) is 11.2. The Balaban J connectivity index is 2.01. The first kappa shape index (κ1) is 11.5. The van der Waals surface area contributed by atoms with Crippen LogP contribution >= 0.6 is 11.3 Å². The molecular weight excluding hydrogens is 252 g/mol. The van der Waals surface area contributed by atoms with Crippen molar-refractivity contribution in [3.63, 3.8) is 0 Å². The molecule has 0 fully saturated rings. The summed E-state index contributed by atoms with van der Waals surface area (Å²) in [5, 5.41) is 2.77. The van der Waals surface area contributed by atoms with Crippen molar-refractivity contribution in [2.45, 2.75) is 32.6 Å². The monoisotopic (exact) mass is 270 g/mol. The molecule has 4 rings (SSSR count). The van der Waals surface area contributed by atoms with Crippen LogP contribution in [0.15, 0.2) is 16.9 Å². The van der Waals surface area contributed by atoms with Gasteiger partial charge in [-0.3, -0.25) is 0 Å². The molecule has 3 heterocycles. The minimum atomic E-state index is 0.664. The highest BCUT2D eigenvalue weighted by Crippen LogP contribution is 2.16. The number of allylic oxidation sites excluding steroid dienone is 1. The number of thiophene rings is 1. The van der Waals surface area contributed by atoms with Gasteiger partial charge in [0.15, 0.2) is 0 Å². The fourth-order valence-electron chi connectivity index (χ4n) is 3.02. The summed E-state index contributed by atoms with van der Waals surface area (Å²) in [5.74, 6) is 1.83. The maximum atomic E-state index is 4.89. The molecule has 3 aliphatic rings. The molecule has 1 aromatic heterocycles. The summed E-state index contributed by atoms with van der Waals surface area (Å²) in [7, 11) is 0. The first-order valence-electron chi connectivity index (χ1n) is 7.19. The lowest BCUT2D eigenvalue weighted by Gasteiger charge is -2.20. The third-order valence-corrected chi connectivity index (χ3v) is 5.18. The van der Waals surface area contributed by atoms with Crippen molar-refractivity contribution in [3.8, 4) is 0 Å². The predicted molar refractivity (Wildman–Crippen MR) is 80.2 cm³/mol. The first-order valence-corrected chi connectivity index (χ1v) is 8.01. The summed E-state index contributed by atoms with van der Waals surface area (Å²) in [5.41, 5.74) is 0. The van der Waals surface area contributed by atoms with E-state index in [9.17, 15) is 0 Å². The van der Waals surface area contributed by atoms with Crippen LogP contribution < -0.4 is 19.6 Å². The molecule has 98 valence electrons. The Labute approximate surface area is 116 Å². The lowest BCUT2D eigenvalue weighted by molar-refractivity contribution is 0.483. The van der Waals surface area contributed by atoms with Crippen molar-refractivity contribution in [2.24, 2.45) is 10.9 Å². The highest BCUT2D eigenvalue weighted by atomic mass is 32.1. The minimum Gasteiger partial charge on any atom is -0.333 e. The van der Waals surface area contributed by atoms with Crippen LogP contribution in [0.2, 0.25) is 0 Å². The molecule has 1 aliphatic carbocycles. The largest absolute Gasteiger partial charge is 0.333 e. The predicted octanol–water partition coefficient (Wildman–Crippen LogP) is 1.05. The zero-order chi connectivity index (χ0) is 12.8. The van der Waals surface area contributed by atoms with Gasteiger partial charge < -0.3 is 4.90 Å². The molecule has 0 bridgehead atoms. The standard InChI is InChI=1S/C16H18N2S/c1-11-6-7-12-13-10-18-8-4-2-3-5-15(18)17-16(13)19-14(12)9-11/h5,7,9-11H,2-4,6,8H2,1H3. The molecule has 0 spiro atoms. The lowest BCUT2D eigenvalue weighted by atomic mass is 10.0. The molecule has 0 aromatic carbocycles. The number of hydrogen-bond acceptors (Lipinski definition) is 3. The summed E-state index contributed by atoms with van der Waals surface area (Å²) in [6.07, 6.45) is 14.3. The van der Waals surface area contributed by atoms with Gasteiger partial charge in [-0.1, -0.05) is 19.1 Å². The van der Waals surface area contributed by atoms with Crippen molar-refractivity contribution in [3.05, 3.63) is 31.5 Å². The van der Waals surface area contributed by atoms with Crippen LogP contribution in [-0.2, 0) is 0 Å². The summed E-state index contributed by atoms with van der Waals surface area (Å²) in [6.45, 7) is 3.40. The summed E-state index contributed by atoms with van der Waals surface area (Å²) in [4.78, 5) is 7.23. The van der Waals surface area contributed by atoms with E-state index in [1.165, 1.54) is 38.9 Å². The van der Waals surface area contributed by atoms with E-state index in [1.54, 1.807) is 0 Å². The Morgan fingerprint density at radius 2 is 2.21 bits per heavy atom. The molecular formula is C16H18N2S. The van der Waals surface area contributed by atoms with Gasteiger partial charge in [0.2, 0.25) is 0 Å². The first-order chi connectivity index (χ1) is 9.31. The van der Waals surface area contributed by atoms with Crippen molar-refractivity contribution in [1.82, 2.24) is 4.90 Å². The van der Waals surface area contributed by atoms with E-state index in [1.807, 2.05) is 11.3 Å². The van der Waals surface area contributed by atoms with Gasteiger partial charge in [-0.15, -0.1) is 11.3 Å². The number of nitrogens with zero attached hydrogens (tertiary/aromatic N) is 2. The Kier molecular flexibility index (Phi) is 2.62. The van der Waals surface area contributed by atoms with Crippen molar-refractivity contribution < 1.29 is 0 Å². The third-order valence-electron chi connectivity index (χ3n) is 4.10. The number of rotatable bonds is 0. The summed E-state index contributed by atoms with van der Waals surface area (Å²) >= 11 is 1.85. The van der Waals surface area contributed by atoms with Gasteiger partial charge in [-0.2, -0.15) is 0 Å². The lowest BCUT2D eigenvalue weighted by Crippen LogP contribution is -2.43. The highest BCUT2D eigenvalue weighted by Gasteiger charge is 2.15. The van der Waals surface area contributed by atoms with Gasteiger partial charge >= 0.3 is 0 Å². The Morgan fingerprint density at radius 3 is 3.16 bits per heavy atom. The van der Waals surface area contributed by atoms with Crippen LogP contribution in [0.3, 0.4) is 0 Å². The van der Waals surface area contributed by atoms with Gasteiger partial charge in [-0.25, -0.2) is 4.99 Å². The molecule has 0 saturated heterocycles. The molecule has 0 saturated carbocycles. The number of hydrogen-bond donors (Lipinski definition) is 0. The van der Waals surface area contributed by atoms with Crippen molar-refractivity contribution in [2.75, 3.05) is 6.54 Å². The van der Waals surface area contributed by atoms with Crippen molar-refractivity contribution >= 4 is 29.7 Å². The summed E-state index contributed by atoms with van der Waals surface area (Å²) < 4.78 is 2.62. The van der Waals surface area contributed by atoms with Gasteiger partial charge in [0.25, 0.3) is 0 Å².